The van der Waals surface area contributed by atoms with E-state index in [9.17, 15) is 9.18 Å². The molecule has 0 N–H and O–H groups in total. The van der Waals surface area contributed by atoms with Crippen LogP contribution in [0.2, 0.25) is 0 Å². The molecular weight excluding hydrogens is 411 g/mol. The van der Waals surface area contributed by atoms with Crippen molar-refractivity contribution in [2.24, 2.45) is 5.41 Å². The third-order valence-corrected chi connectivity index (χ3v) is 7.43. The maximum atomic E-state index is 13.2. The molecule has 5 rings (SSSR count). The van der Waals surface area contributed by atoms with Crippen LogP contribution >= 0.6 is 0 Å². The van der Waals surface area contributed by atoms with Gasteiger partial charge in [0.1, 0.15) is 18.2 Å². The summed E-state index contributed by atoms with van der Waals surface area (Å²) in [6, 6.07) is 8.97. The van der Waals surface area contributed by atoms with Gasteiger partial charge in [0.05, 0.1) is 5.41 Å². The Hall–Kier alpha value is -2.61. The number of carbonyl (C=O) groups excluding carboxylic acids is 1. The van der Waals surface area contributed by atoms with E-state index in [0.717, 1.165) is 76.5 Å². The lowest BCUT2D eigenvalue weighted by Crippen LogP contribution is -2.52. The highest BCUT2D eigenvalue weighted by molar-refractivity contribution is 5.79. The number of piperazine rings is 1. The van der Waals surface area contributed by atoms with Gasteiger partial charge in [-0.3, -0.25) is 9.69 Å². The van der Waals surface area contributed by atoms with Crippen LogP contribution < -0.4 is 9.80 Å². The molecule has 1 aromatic carbocycles. The number of piperidine rings is 1. The van der Waals surface area contributed by atoms with E-state index in [1.165, 1.54) is 12.1 Å². The van der Waals surface area contributed by atoms with Crippen LogP contribution in [0.3, 0.4) is 0 Å². The van der Waals surface area contributed by atoms with E-state index in [0.29, 0.717) is 6.04 Å². The molecule has 3 aliphatic rings. The van der Waals surface area contributed by atoms with Crippen molar-refractivity contribution in [2.45, 2.75) is 44.8 Å². The van der Waals surface area contributed by atoms with Crippen LogP contribution in [0.1, 0.15) is 32.6 Å². The highest BCUT2D eigenvalue weighted by Gasteiger charge is 2.50. The highest BCUT2D eigenvalue weighted by Crippen LogP contribution is 2.44. The molecule has 3 saturated heterocycles. The van der Waals surface area contributed by atoms with Crippen LogP contribution in [0.25, 0.3) is 0 Å². The van der Waals surface area contributed by atoms with E-state index in [2.05, 4.69) is 26.8 Å². The van der Waals surface area contributed by atoms with Gasteiger partial charge >= 0.3 is 5.97 Å². The third-order valence-electron chi connectivity index (χ3n) is 7.43. The lowest BCUT2D eigenvalue weighted by atomic mass is 9.75. The zero-order chi connectivity index (χ0) is 22.1. The van der Waals surface area contributed by atoms with E-state index in [-0.39, 0.29) is 23.3 Å². The molecule has 3 fully saturated rings. The van der Waals surface area contributed by atoms with Crippen LogP contribution in [-0.2, 0) is 9.53 Å². The lowest BCUT2D eigenvalue weighted by molar-refractivity contribution is -0.149. The Bertz CT molecular complexity index is 912. The molecule has 0 bridgehead atoms. The Labute approximate surface area is 188 Å². The van der Waals surface area contributed by atoms with Crippen molar-refractivity contribution >= 4 is 17.5 Å². The first kappa shape index (κ1) is 21.2. The summed E-state index contributed by atoms with van der Waals surface area (Å²) in [4.78, 5) is 19.7. The molecule has 4 heterocycles. The standard InChI is InChI=1S/C24H31FN4O3/c1-18-17-27(13-14-29(18)20-4-2-19(25)3-5-20)10-6-21-16-24(23(30)32-21)8-11-28(12-9-24)22-7-15-31-26-22/h2-5,7,15,18,21H,6,8-14,16-17H2,1H3/t18-,21-/m0/s1. The van der Waals surface area contributed by atoms with Gasteiger partial charge in [0.25, 0.3) is 0 Å². The number of ether oxygens (including phenoxy) is 1. The first-order chi connectivity index (χ1) is 15.5. The summed E-state index contributed by atoms with van der Waals surface area (Å²) in [5, 5.41) is 4.01. The zero-order valence-corrected chi connectivity index (χ0v) is 18.6. The smallest absolute Gasteiger partial charge is 0.312 e. The molecule has 0 amide bonds. The van der Waals surface area contributed by atoms with Gasteiger partial charge in [0.15, 0.2) is 5.82 Å². The molecule has 0 saturated carbocycles. The number of halogens is 1. The average molecular weight is 443 g/mol. The average Bonchev–Trinajstić information content (AvgIpc) is 3.43. The quantitative estimate of drug-likeness (QED) is 0.659. The van der Waals surface area contributed by atoms with Crippen molar-refractivity contribution in [2.75, 3.05) is 49.1 Å². The number of rotatable bonds is 5. The zero-order valence-electron chi connectivity index (χ0n) is 18.6. The van der Waals surface area contributed by atoms with Crippen molar-refractivity contribution in [1.82, 2.24) is 10.1 Å². The fraction of sp³-hybridized carbons (Fsp3) is 0.583. The predicted molar refractivity (Wildman–Crippen MR) is 119 cm³/mol. The molecule has 1 spiro atoms. The first-order valence-electron chi connectivity index (χ1n) is 11.6. The minimum Gasteiger partial charge on any atom is -0.462 e. The molecule has 32 heavy (non-hydrogen) atoms. The van der Waals surface area contributed by atoms with Crippen molar-refractivity contribution in [3.05, 3.63) is 42.4 Å². The fourth-order valence-corrected chi connectivity index (χ4v) is 5.52. The van der Waals surface area contributed by atoms with Crippen LogP contribution in [-0.4, -0.2) is 67.4 Å². The van der Waals surface area contributed by atoms with E-state index >= 15 is 0 Å². The van der Waals surface area contributed by atoms with Crippen molar-refractivity contribution in [1.29, 1.82) is 0 Å². The Morgan fingerprint density at radius 1 is 1.12 bits per heavy atom. The monoisotopic (exact) mass is 442 g/mol. The van der Waals surface area contributed by atoms with E-state index < -0.39 is 0 Å². The minimum atomic E-state index is -0.334. The molecule has 1 aromatic heterocycles. The Kier molecular flexibility index (Phi) is 5.80. The molecule has 0 aliphatic carbocycles. The molecule has 3 aliphatic heterocycles. The number of hydrogen-bond acceptors (Lipinski definition) is 7. The van der Waals surface area contributed by atoms with Gasteiger partial charge in [0, 0.05) is 63.5 Å². The number of carbonyl (C=O) groups is 1. The lowest BCUT2D eigenvalue weighted by Gasteiger charge is -2.41. The number of esters is 1. The van der Waals surface area contributed by atoms with Crippen LogP contribution in [0, 0.1) is 11.2 Å². The molecule has 0 radical (unpaired) electrons. The summed E-state index contributed by atoms with van der Waals surface area (Å²) in [7, 11) is 0. The minimum absolute atomic E-state index is 0.00605. The maximum Gasteiger partial charge on any atom is 0.312 e. The molecular formula is C24H31FN4O3. The Balaban J connectivity index is 1.10. The van der Waals surface area contributed by atoms with Gasteiger partial charge < -0.3 is 19.1 Å². The van der Waals surface area contributed by atoms with Gasteiger partial charge in [0.2, 0.25) is 0 Å². The van der Waals surface area contributed by atoms with Gasteiger partial charge in [-0.05, 0) is 50.5 Å². The first-order valence-corrected chi connectivity index (χ1v) is 11.6. The number of benzene rings is 1. The molecule has 0 unspecified atom stereocenters. The Morgan fingerprint density at radius 3 is 2.59 bits per heavy atom. The molecule has 2 aromatic rings. The second-order valence-corrected chi connectivity index (χ2v) is 9.46. The van der Waals surface area contributed by atoms with E-state index in [4.69, 9.17) is 9.26 Å². The SMILES string of the molecule is C[C@H]1CN(CC[C@H]2CC3(CCN(c4ccon4)CC3)C(=O)O2)CCN1c1ccc(F)cc1. The molecule has 7 nitrogen and oxygen atoms in total. The van der Waals surface area contributed by atoms with Gasteiger partial charge in [-0.1, -0.05) is 5.16 Å². The summed E-state index contributed by atoms with van der Waals surface area (Å²) >= 11 is 0. The fourth-order valence-electron chi connectivity index (χ4n) is 5.52. The summed E-state index contributed by atoms with van der Waals surface area (Å²) < 4.78 is 24.0. The topological polar surface area (TPSA) is 62.1 Å². The molecule has 172 valence electrons. The van der Waals surface area contributed by atoms with Gasteiger partial charge in [-0.25, -0.2) is 4.39 Å². The van der Waals surface area contributed by atoms with Crippen molar-refractivity contribution in [3.63, 3.8) is 0 Å². The molecule has 2 atom stereocenters. The number of anilines is 2. The predicted octanol–water partition coefficient (Wildman–Crippen LogP) is 3.32. The summed E-state index contributed by atoms with van der Waals surface area (Å²) in [5.41, 5.74) is 0.738. The normalized spacial score (nSPS) is 26.0. The van der Waals surface area contributed by atoms with Crippen LogP contribution in [0.15, 0.2) is 41.1 Å². The number of nitrogens with zero attached hydrogens (tertiary/aromatic N) is 4. The molecule has 8 heteroatoms. The van der Waals surface area contributed by atoms with Crippen LogP contribution in [0.5, 0.6) is 0 Å². The second kappa shape index (κ2) is 8.73. The van der Waals surface area contributed by atoms with Crippen molar-refractivity contribution < 1.29 is 18.4 Å². The third kappa shape index (κ3) is 4.20. The van der Waals surface area contributed by atoms with Crippen molar-refractivity contribution in [3.8, 4) is 0 Å². The summed E-state index contributed by atoms with van der Waals surface area (Å²) in [6.45, 7) is 7.58. The van der Waals surface area contributed by atoms with Gasteiger partial charge in [-0.15, -0.1) is 0 Å². The largest absolute Gasteiger partial charge is 0.462 e. The Morgan fingerprint density at radius 2 is 1.91 bits per heavy atom. The number of aromatic nitrogens is 1. The van der Waals surface area contributed by atoms with Crippen LogP contribution in [0.4, 0.5) is 15.9 Å². The maximum absolute atomic E-state index is 13.2. The second-order valence-electron chi connectivity index (χ2n) is 9.46. The highest BCUT2D eigenvalue weighted by atomic mass is 19.1. The van der Waals surface area contributed by atoms with Gasteiger partial charge in [-0.2, -0.15) is 0 Å². The number of hydrogen-bond donors (Lipinski definition) is 0. The number of cyclic esters (lactones) is 1. The van der Waals surface area contributed by atoms with E-state index in [1.807, 2.05) is 18.2 Å². The van der Waals surface area contributed by atoms with E-state index in [1.54, 1.807) is 6.26 Å². The summed E-state index contributed by atoms with van der Waals surface area (Å²) in [6.07, 6.45) is 4.91. The summed E-state index contributed by atoms with van der Waals surface area (Å²) in [5.74, 6) is 0.626.